The zero-order valence-electron chi connectivity index (χ0n) is 49.2. The van der Waals surface area contributed by atoms with Crippen molar-refractivity contribution in [2.24, 2.45) is 0 Å². The highest BCUT2D eigenvalue weighted by atomic mass is 16.7. The number of hydrogen-bond acceptors (Lipinski definition) is 10. The third-order valence-electron chi connectivity index (χ3n) is 15.2. The molecular weight excluding hydrogens is 955 g/mol. The lowest BCUT2D eigenvalue weighted by atomic mass is 9.99. The van der Waals surface area contributed by atoms with Crippen LogP contribution in [-0.2, 0) is 23.8 Å². The molecule has 1 aliphatic rings. The van der Waals surface area contributed by atoms with Gasteiger partial charge in [-0.05, 0) is 70.6 Å². The number of nitrogens with one attached hydrogen (secondary N) is 1. The number of esters is 1. The predicted molar refractivity (Wildman–Crippen MR) is 315 cm³/mol. The average molecular weight is 1080 g/mol. The van der Waals surface area contributed by atoms with Crippen LogP contribution in [0.3, 0.4) is 0 Å². The van der Waals surface area contributed by atoms with E-state index >= 15 is 0 Å². The first-order chi connectivity index (χ1) is 37.2. The molecule has 11 nitrogen and oxygen atoms in total. The Kier molecular flexibility index (Phi) is 51.9. The highest BCUT2D eigenvalue weighted by Crippen LogP contribution is 2.23. The molecule has 446 valence electrons. The first kappa shape index (κ1) is 71.9. The summed E-state index contributed by atoms with van der Waals surface area (Å²) in [7, 11) is 0. The molecule has 0 bridgehead atoms. The number of unbranched alkanes of at least 4 members (excludes halogenated alkanes) is 38. The topological polar surface area (TPSA) is 175 Å². The number of amides is 1. The Hall–Kier alpha value is -2.12. The molecule has 7 unspecified atom stereocenters. The number of rotatable bonds is 56. The largest absolute Gasteiger partial charge is 0.466 e. The maximum Gasteiger partial charge on any atom is 0.305 e. The number of aliphatic hydroxyl groups is 5. The number of hydrogen-bond donors (Lipinski definition) is 6. The van der Waals surface area contributed by atoms with Crippen LogP contribution in [-0.4, -0.2) is 100 Å². The third kappa shape index (κ3) is 43.7. The van der Waals surface area contributed by atoms with Gasteiger partial charge in [-0.2, -0.15) is 0 Å². The number of carbonyl (C=O) groups is 2. The van der Waals surface area contributed by atoms with Crippen molar-refractivity contribution in [3.8, 4) is 0 Å². The molecule has 7 atom stereocenters. The average Bonchev–Trinajstić information content (AvgIpc) is 3.42. The fourth-order valence-electron chi connectivity index (χ4n) is 10.1. The Labute approximate surface area is 466 Å². The Balaban J connectivity index is 2.09. The predicted octanol–water partition coefficient (Wildman–Crippen LogP) is 15.5. The van der Waals surface area contributed by atoms with Gasteiger partial charge in [-0.3, -0.25) is 9.59 Å². The Bertz CT molecular complexity index is 1360. The normalized spacial score (nSPS) is 18.9. The van der Waals surface area contributed by atoms with E-state index < -0.39 is 49.5 Å². The summed E-state index contributed by atoms with van der Waals surface area (Å²) in [6, 6.07) is -0.833. The van der Waals surface area contributed by atoms with Crippen molar-refractivity contribution in [3.05, 3.63) is 36.5 Å². The summed E-state index contributed by atoms with van der Waals surface area (Å²) in [5.41, 5.74) is 0. The Morgan fingerprint density at radius 2 is 0.855 bits per heavy atom. The van der Waals surface area contributed by atoms with Crippen LogP contribution in [0.5, 0.6) is 0 Å². The second-order valence-corrected chi connectivity index (χ2v) is 22.5. The van der Waals surface area contributed by atoms with Crippen molar-refractivity contribution in [1.82, 2.24) is 5.32 Å². The van der Waals surface area contributed by atoms with Gasteiger partial charge in [0.1, 0.15) is 24.4 Å². The number of ether oxygens (including phenoxy) is 3. The summed E-state index contributed by atoms with van der Waals surface area (Å²) in [5, 5.41) is 54.5. The molecule has 1 saturated heterocycles. The van der Waals surface area contributed by atoms with Gasteiger partial charge in [-0.25, -0.2) is 0 Å². The second kappa shape index (κ2) is 54.8. The van der Waals surface area contributed by atoms with Crippen LogP contribution in [0.4, 0.5) is 0 Å². The summed E-state index contributed by atoms with van der Waals surface area (Å²) in [5.74, 6) is -0.201. The van der Waals surface area contributed by atoms with Crippen LogP contribution in [0.25, 0.3) is 0 Å². The molecule has 0 radical (unpaired) electrons. The lowest BCUT2D eigenvalue weighted by molar-refractivity contribution is -0.302. The minimum absolute atomic E-state index is 0.00315. The molecule has 11 heteroatoms. The van der Waals surface area contributed by atoms with Crippen molar-refractivity contribution in [2.45, 2.75) is 346 Å². The number of aliphatic hydroxyl groups excluding tert-OH is 5. The van der Waals surface area contributed by atoms with E-state index in [1.54, 1.807) is 6.08 Å². The molecular formula is C65H121NO10. The van der Waals surface area contributed by atoms with E-state index in [0.29, 0.717) is 19.4 Å². The molecule has 0 aromatic carbocycles. The lowest BCUT2D eigenvalue weighted by Crippen LogP contribution is -2.60. The molecule has 1 heterocycles. The molecule has 6 N–H and O–H groups in total. The lowest BCUT2D eigenvalue weighted by Gasteiger charge is -2.40. The van der Waals surface area contributed by atoms with Gasteiger partial charge >= 0.3 is 5.97 Å². The monoisotopic (exact) mass is 1080 g/mol. The van der Waals surface area contributed by atoms with Gasteiger partial charge < -0.3 is 45.1 Å². The highest BCUT2D eigenvalue weighted by Gasteiger charge is 2.44. The smallest absolute Gasteiger partial charge is 0.305 e. The summed E-state index contributed by atoms with van der Waals surface area (Å²) in [4.78, 5) is 25.1. The van der Waals surface area contributed by atoms with Gasteiger partial charge in [0.05, 0.1) is 32.0 Å². The highest BCUT2D eigenvalue weighted by molar-refractivity contribution is 5.76. The minimum atomic E-state index is -1.58. The number of carbonyl (C=O) groups excluding carboxylic acids is 2. The summed E-state index contributed by atoms with van der Waals surface area (Å²) < 4.78 is 16.7. The van der Waals surface area contributed by atoms with E-state index in [4.69, 9.17) is 14.2 Å². The summed E-state index contributed by atoms with van der Waals surface area (Å²) >= 11 is 0. The third-order valence-corrected chi connectivity index (χ3v) is 15.2. The molecule has 1 amide bonds. The summed E-state index contributed by atoms with van der Waals surface area (Å²) in [6.45, 7) is 4.33. The van der Waals surface area contributed by atoms with Gasteiger partial charge in [0, 0.05) is 12.8 Å². The molecule has 0 saturated carbocycles. The fourth-order valence-corrected chi connectivity index (χ4v) is 10.1. The first-order valence-electron chi connectivity index (χ1n) is 32.3. The van der Waals surface area contributed by atoms with Crippen molar-refractivity contribution in [2.75, 3.05) is 19.8 Å². The van der Waals surface area contributed by atoms with Crippen LogP contribution in [0.1, 0.15) is 303 Å². The molecule has 1 rings (SSSR count). The molecule has 1 aliphatic heterocycles. The Morgan fingerprint density at radius 3 is 1.30 bits per heavy atom. The molecule has 0 aromatic heterocycles. The molecule has 1 fully saturated rings. The van der Waals surface area contributed by atoms with E-state index in [1.165, 1.54) is 205 Å². The van der Waals surface area contributed by atoms with Gasteiger partial charge in [0.15, 0.2) is 6.29 Å². The van der Waals surface area contributed by atoms with Crippen LogP contribution < -0.4 is 5.32 Å². The SMILES string of the molecule is CCCCCCCCCCC/C=C/CC/C=C/C(O)C(COC1OC(CO)C(O)C(O)C1O)NC(=O)CCCCCCCCC/C=C\CCCCCCCCCCCCCOC(=O)CCCCCCCCCCCCC. The van der Waals surface area contributed by atoms with Gasteiger partial charge in [0.25, 0.3) is 0 Å². The molecule has 0 aliphatic carbocycles. The maximum absolute atomic E-state index is 13.1. The first-order valence-corrected chi connectivity index (χ1v) is 32.3. The van der Waals surface area contributed by atoms with Gasteiger partial charge in [-0.15, -0.1) is 0 Å². The van der Waals surface area contributed by atoms with Crippen LogP contribution in [0.2, 0.25) is 0 Å². The maximum atomic E-state index is 13.1. The van der Waals surface area contributed by atoms with Gasteiger partial charge in [-0.1, -0.05) is 256 Å². The van der Waals surface area contributed by atoms with Crippen LogP contribution in [0.15, 0.2) is 36.5 Å². The second-order valence-electron chi connectivity index (χ2n) is 22.5. The van der Waals surface area contributed by atoms with Crippen LogP contribution in [0, 0.1) is 0 Å². The van der Waals surface area contributed by atoms with E-state index in [0.717, 1.165) is 70.6 Å². The van der Waals surface area contributed by atoms with E-state index in [-0.39, 0.29) is 18.5 Å². The number of allylic oxidation sites excluding steroid dienone is 5. The van der Waals surface area contributed by atoms with E-state index in [9.17, 15) is 35.1 Å². The quantitative estimate of drug-likeness (QED) is 0.0195. The van der Waals surface area contributed by atoms with E-state index in [2.05, 4.69) is 43.5 Å². The summed E-state index contributed by atoms with van der Waals surface area (Å²) in [6.07, 6.45) is 58.1. The standard InChI is InChI=1S/C65H121NO10/c1-3-5-7-9-11-13-15-16-25-28-32-35-39-43-47-51-58(68)57(56-75-65-64(73)63(72)62(71)59(55-67)76-65)66-60(69)52-48-44-40-36-33-29-26-23-21-19-17-18-20-22-24-27-30-34-38-42-46-50-54-74-61(70)53-49-45-41-37-31-14-12-10-8-6-4-2/h19,21,32,35,47,51,57-59,62-65,67-68,71-73H,3-18,20,22-31,33-34,36-46,48-50,52-56H2,1-2H3,(H,66,69)/b21-19-,35-32+,51-47+. The van der Waals surface area contributed by atoms with Crippen molar-refractivity contribution in [3.63, 3.8) is 0 Å². The molecule has 0 aromatic rings. The van der Waals surface area contributed by atoms with Crippen LogP contribution >= 0.6 is 0 Å². The zero-order valence-corrected chi connectivity index (χ0v) is 49.2. The van der Waals surface area contributed by atoms with Crippen molar-refractivity contribution < 1.29 is 49.3 Å². The molecule has 0 spiro atoms. The Morgan fingerprint density at radius 1 is 0.474 bits per heavy atom. The van der Waals surface area contributed by atoms with Gasteiger partial charge in [0.2, 0.25) is 5.91 Å². The zero-order chi connectivity index (χ0) is 55.2. The fraction of sp³-hybridized carbons (Fsp3) is 0.877. The van der Waals surface area contributed by atoms with Crippen molar-refractivity contribution >= 4 is 11.9 Å². The van der Waals surface area contributed by atoms with E-state index in [1.807, 2.05) is 6.08 Å². The van der Waals surface area contributed by atoms with Crippen molar-refractivity contribution in [1.29, 1.82) is 0 Å². The minimum Gasteiger partial charge on any atom is -0.466 e. The molecule has 76 heavy (non-hydrogen) atoms.